The molecule has 258 valence electrons. The minimum absolute atomic E-state index is 0.0232. The number of aliphatic carboxylic acids is 1. The molecule has 2 unspecified atom stereocenters. The molecular weight excluding hydrogens is 645 g/mol. The number of pyridine rings is 1. The van der Waals surface area contributed by atoms with Gasteiger partial charge in [-0.05, 0) is 37.1 Å². The summed E-state index contributed by atoms with van der Waals surface area (Å²) in [6, 6.07) is 12.9. The number of benzene rings is 1. The monoisotopic (exact) mass is 692 g/mol. The fourth-order valence-electron chi connectivity index (χ4n) is 5.78. The molecule has 5 rings (SSSR count). The predicted octanol–water partition coefficient (Wildman–Crippen LogP) is 6.69. The standard InChI is InChI=1S/C34H48N6O6Si2/c1-47(2,3)15-13-45-22-38(23-46-14-16-48(4,5)6)31-18-29(25-11-12-30(33(41)42)39(21-25)34(43)44)37-32-27(20-36-40(31)32)26-17-24-9-7-8-10-28(24)35-19-26/h7-10,17-20,25,30H,11-16,21-23H2,1-6H3,(H,41,42)(H,43,44). The maximum absolute atomic E-state index is 12.2. The third-order valence-electron chi connectivity index (χ3n) is 8.72. The Bertz CT molecular complexity index is 1730. The van der Waals surface area contributed by atoms with Gasteiger partial charge >= 0.3 is 12.1 Å². The predicted molar refractivity (Wildman–Crippen MR) is 192 cm³/mol. The number of amides is 1. The van der Waals surface area contributed by atoms with Crippen molar-refractivity contribution >= 4 is 50.6 Å². The Morgan fingerprint density at radius 2 is 1.60 bits per heavy atom. The van der Waals surface area contributed by atoms with Crippen LogP contribution >= 0.6 is 0 Å². The van der Waals surface area contributed by atoms with Crippen molar-refractivity contribution in [1.82, 2.24) is 24.5 Å². The Morgan fingerprint density at radius 1 is 0.938 bits per heavy atom. The first-order valence-corrected chi connectivity index (χ1v) is 24.0. The molecule has 0 bridgehead atoms. The number of anilines is 1. The van der Waals surface area contributed by atoms with Gasteiger partial charge in [0.15, 0.2) is 5.65 Å². The fourth-order valence-corrected chi connectivity index (χ4v) is 7.29. The maximum atomic E-state index is 12.2. The van der Waals surface area contributed by atoms with E-state index in [1.54, 1.807) is 10.7 Å². The van der Waals surface area contributed by atoms with Crippen LogP contribution in [0, 0.1) is 0 Å². The number of para-hydroxylation sites is 1. The molecule has 4 aromatic rings. The molecule has 0 spiro atoms. The largest absolute Gasteiger partial charge is 0.480 e. The summed E-state index contributed by atoms with van der Waals surface area (Å²) in [6.07, 6.45) is 3.01. The van der Waals surface area contributed by atoms with E-state index in [0.717, 1.165) is 39.0 Å². The van der Waals surface area contributed by atoms with Gasteiger partial charge in [-0.2, -0.15) is 9.61 Å². The van der Waals surface area contributed by atoms with Gasteiger partial charge < -0.3 is 24.6 Å². The van der Waals surface area contributed by atoms with Crippen molar-refractivity contribution in [2.75, 3.05) is 38.1 Å². The highest BCUT2D eigenvalue weighted by Gasteiger charge is 2.37. The number of aromatic nitrogens is 4. The van der Waals surface area contributed by atoms with Crippen LogP contribution in [0.4, 0.5) is 10.6 Å². The van der Waals surface area contributed by atoms with Gasteiger partial charge in [0.25, 0.3) is 0 Å². The highest BCUT2D eigenvalue weighted by atomic mass is 28.3. The van der Waals surface area contributed by atoms with E-state index in [2.05, 4.69) is 50.3 Å². The van der Waals surface area contributed by atoms with E-state index < -0.39 is 34.3 Å². The first kappa shape index (κ1) is 35.5. The number of carbonyl (C=O) groups is 2. The van der Waals surface area contributed by atoms with Gasteiger partial charge in [0.2, 0.25) is 0 Å². The Balaban J connectivity index is 1.57. The van der Waals surface area contributed by atoms with Crippen LogP contribution in [0.25, 0.3) is 27.7 Å². The van der Waals surface area contributed by atoms with Crippen molar-refractivity contribution in [1.29, 1.82) is 0 Å². The van der Waals surface area contributed by atoms with Crippen LogP contribution in [0.1, 0.15) is 24.5 Å². The Hall–Kier alpha value is -3.86. The van der Waals surface area contributed by atoms with Gasteiger partial charge in [0.1, 0.15) is 25.3 Å². The molecule has 1 amide bonds. The number of piperidine rings is 1. The Labute approximate surface area is 283 Å². The molecule has 0 radical (unpaired) electrons. The van der Waals surface area contributed by atoms with E-state index >= 15 is 0 Å². The number of nitrogens with zero attached hydrogens (tertiary/aromatic N) is 6. The van der Waals surface area contributed by atoms with E-state index in [0.29, 0.717) is 36.8 Å². The van der Waals surface area contributed by atoms with Crippen molar-refractivity contribution in [2.45, 2.75) is 76.2 Å². The van der Waals surface area contributed by atoms with Gasteiger partial charge in [-0.3, -0.25) is 9.88 Å². The molecule has 3 aromatic heterocycles. The maximum Gasteiger partial charge on any atom is 0.408 e. The van der Waals surface area contributed by atoms with Crippen LogP contribution in [-0.2, 0) is 14.3 Å². The summed E-state index contributed by atoms with van der Waals surface area (Å²) in [7, 11) is -2.63. The number of hydrogen-bond acceptors (Lipinski definition) is 8. The van der Waals surface area contributed by atoms with Gasteiger partial charge in [-0.15, -0.1) is 0 Å². The molecule has 1 aromatic carbocycles. The van der Waals surface area contributed by atoms with Crippen LogP contribution in [-0.4, -0.2) is 102 Å². The molecule has 0 aliphatic carbocycles. The third-order valence-corrected chi connectivity index (χ3v) is 12.1. The summed E-state index contributed by atoms with van der Waals surface area (Å²) < 4.78 is 14.3. The number of likely N-dealkylation sites (tertiary alicyclic amines) is 1. The lowest BCUT2D eigenvalue weighted by Crippen LogP contribution is -2.49. The average molecular weight is 693 g/mol. The SMILES string of the molecule is C[Si](C)(C)CCOCN(COCC[Si](C)(C)C)c1cc(C2CCC(C(=O)O)N(C(=O)O)C2)nc2c(-c3cnc4ccccc4c3)cnn12. The summed E-state index contributed by atoms with van der Waals surface area (Å²) in [5, 5.41) is 25.4. The zero-order valence-electron chi connectivity index (χ0n) is 28.8. The molecule has 1 saturated heterocycles. The van der Waals surface area contributed by atoms with Crippen molar-refractivity contribution in [3.63, 3.8) is 0 Å². The van der Waals surface area contributed by atoms with Gasteiger partial charge in [0.05, 0.1) is 17.4 Å². The molecule has 14 heteroatoms. The second kappa shape index (κ2) is 14.7. The molecule has 1 fully saturated rings. The second-order valence-electron chi connectivity index (χ2n) is 15.0. The number of hydrogen-bond donors (Lipinski definition) is 2. The number of ether oxygens (including phenoxy) is 2. The molecule has 12 nitrogen and oxygen atoms in total. The van der Waals surface area contributed by atoms with E-state index in [1.165, 1.54) is 0 Å². The molecule has 2 atom stereocenters. The quantitative estimate of drug-likeness (QED) is 0.0834. The normalized spacial score (nSPS) is 17.2. The van der Waals surface area contributed by atoms with Crippen molar-refractivity contribution in [3.05, 3.63) is 54.5 Å². The van der Waals surface area contributed by atoms with E-state index in [1.807, 2.05) is 41.4 Å². The van der Waals surface area contributed by atoms with Crippen LogP contribution in [0.2, 0.25) is 51.4 Å². The van der Waals surface area contributed by atoms with Crippen LogP contribution in [0.3, 0.4) is 0 Å². The van der Waals surface area contributed by atoms with Crippen molar-refractivity contribution in [3.8, 4) is 11.1 Å². The topological polar surface area (TPSA) is 143 Å². The number of carboxylic acids is 1. The zero-order valence-corrected chi connectivity index (χ0v) is 30.8. The first-order valence-electron chi connectivity index (χ1n) is 16.6. The van der Waals surface area contributed by atoms with Gasteiger partial charge in [-0.1, -0.05) is 57.5 Å². The fraction of sp³-hybridized carbons (Fsp3) is 0.500. The smallest absolute Gasteiger partial charge is 0.408 e. The number of rotatable bonds is 14. The molecule has 4 heterocycles. The van der Waals surface area contributed by atoms with E-state index in [4.69, 9.17) is 19.6 Å². The average Bonchev–Trinajstić information content (AvgIpc) is 3.46. The van der Waals surface area contributed by atoms with Crippen LogP contribution < -0.4 is 4.90 Å². The van der Waals surface area contributed by atoms with E-state index in [-0.39, 0.29) is 32.3 Å². The first-order chi connectivity index (χ1) is 22.7. The molecule has 48 heavy (non-hydrogen) atoms. The highest BCUT2D eigenvalue weighted by Crippen LogP contribution is 2.34. The summed E-state index contributed by atoms with van der Waals surface area (Å²) >= 11 is 0. The highest BCUT2D eigenvalue weighted by molar-refractivity contribution is 6.76. The Kier molecular flexibility index (Phi) is 10.9. The minimum atomic E-state index is -1.32. The van der Waals surface area contributed by atoms with Gasteiger partial charge in [0, 0.05) is 70.6 Å². The summed E-state index contributed by atoms with van der Waals surface area (Å²) in [4.78, 5) is 36.8. The molecular formula is C34H48N6O6Si2. The second-order valence-corrected chi connectivity index (χ2v) is 26.3. The minimum Gasteiger partial charge on any atom is -0.480 e. The van der Waals surface area contributed by atoms with Gasteiger partial charge in [-0.25, -0.2) is 14.6 Å². The van der Waals surface area contributed by atoms with Crippen LogP contribution in [0.5, 0.6) is 0 Å². The Morgan fingerprint density at radius 3 is 2.23 bits per heavy atom. The summed E-state index contributed by atoms with van der Waals surface area (Å²) in [5.41, 5.74) is 3.77. The molecule has 2 N–H and O–H groups in total. The number of carboxylic acid groups (broad SMARTS) is 2. The lowest BCUT2D eigenvalue weighted by Gasteiger charge is -2.35. The summed E-state index contributed by atoms with van der Waals surface area (Å²) in [6.45, 7) is 15.7. The lowest BCUT2D eigenvalue weighted by molar-refractivity contribution is -0.143. The molecule has 1 aliphatic rings. The third kappa shape index (κ3) is 8.78. The van der Waals surface area contributed by atoms with Crippen molar-refractivity contribution in [2.24, 2.45) is 0 Å². The number of fused-ring (bicyclic) bond motifs is 2. The van der Waals surface area contributed by atoms with E-state index in [9.17, 15) is 19.8 Å². The molecule has 1 aliphatic heterocycles. The zero-order chi connectivity index (χ0) is 34.6. The summed E-state index contributed by atoms with van der Waals surface area (Å²) in [5.74, 6) is -0.752. The van der Waals surface area contributed by atoms with Crippen molar-refractivity contribution < 1.29 is 29.3 Å². The molecule has 0 saturated carbocycles. The van der Waals surface area contributed by atoms with Crippen LogP contribution in [0.15, 0.2) is 48.8 Å². The lowest BCUT2D eigenvalue weighted by atomic mass is 9.90.